The van der Waals surface area contributed by atoms with Crippen LogP contribution in [0.25, 0.3) is 0 Å². The predicted molar refractivity (Wildman–Crippen MR) is 84.6 cm³/mol. The van der Waals surface area contributed by atoms with Crippen molar-refractivity contribution < 1.29 is 13.2 Å². The summed E-state index contributed by atoms with van der Waals surface area (Å²) in [5.41, 5.74) is 6.69. The average molecular weight is 314 g/mol. The van der Waals surface area contributed by atoms with Crippen LogP contribution in [-0.2, 0) is 21.2 Å². The Hall–Kier alpha value is -0.950. The molecule has 120 valence electrons. The lowest BCUT2D eigenvalue weighted by molar-refractivity contribution is 0.202. The van der Waals surface area contributed by atoms with E-state index in [1.807, 2.05) is 26.0 Å². The van der Waals surface area contributed by atoms with Crippen molar-refractivity contribution in [2.45, 2.75) is 37.6 Å². The molecule has 1 aromatic rings. The van der Waals surface area contributed by atoms with Crippen molar-refractivity contribution in [2.24, 2.45) is 11.7 Å². The fourth-order valence-electron chi connectivity index (χ4n) is 2.10. The van der Waals surface area contributed by atoms with Gasteiger partial charge in [0.25, 0.3) is 0 Å². The van der Waals surface area contributed by atoms with Gasteiger partial charge < -0.3 is 10.5 Å². The van der Waals surface area contributed by atoms with E-state index in [9.17, 15) is 8.42 Å². The van der Waals surface area contributed by atoms with E-state index in [2.05, 4.69) is 4.72 Å². The molecule has 0 saturated carbocycles. The van der Waals surface area contributed by atoms with Crippen LogP contribution in [0.2, 0.25) is 0 Å². The van der Waals surface area contributed by atoms with Crippen molar-refractivity contribution in [3.05, 3.63) is 29.8 Å². The van der Waals surface area contributed by atoms with E-state index >= 15 is 0 Å². The second-order valence-electron chi connectivity index (χ2n) is 5.57. The number of nitrogens with one attached hydrogen (secondary N) is 1. The minimum absolute atomic E-state index is 0.233. The highest BCUT2D eigenvalue weighted by atomic mass is 32.2. The summed E-state index contributed by atoms with van der Waals surface area (Å²) < 4.78 is 32.3. The maximum atomic E-state index is 12.3. The Balaban J connectivity index is 2.77. The van der Waals surface area contributed by atoms with Crippen LogP contribution < -0.4 is 10.5 Å². The van der Waals surface area contributed by atoms with Crippen LogP contribution >= 0.6 is 0 Å². The van der Waals surface area contributed by atoms with E-state index in [1.54, 1.807) is 19.2 Å². The zero-order chi connectivity index (χ0) is 15.9. The molecule has 0 aliphatic heterocycles. The lowest BCUT2D eigenvalue weighted by Gasteiger charge is -2.19. The molecule has 3 N–H and O–H groups in total. The van der Waals surface area contributed by atoms with Crippen LogP contribution in [0.3, 0.4) is 0 Å². The van der Waals surface area contributed by atoms with Crippen molar-refractivity contribution in [1.82, 2.24) is 4.72 Å². The topological polar surface area (TPSA) is 81.4 Å². The molecule has 0 saturated heterocycles. The monoisotopic (exact) mass is 314 g/mol. The summed E-state index contributed by atoms with van der Waals surface area (Å²) in [6.45, 7) is 5.00. The van der Waals surface area contributed by atoms with Gasteiger partial charge in [-0.25, -0.2) is 13.1 Å². The summed E-state index contributed by atoms with van der Waals surface area (Å²) >= 11 is 0. The van der Waals surface area contributed by atoms with Crippen LogP contribution in [-0.4, -0.2) is 34.7 Å². The minimum atomic E-state index is -3.52. The largest absolute Gasteiger partial charge is 0.384 e. The Morgan fingerprint density at radius 1 is 1.24 bits per heavy atom. The second-order valence-corrected chi connectivity index (χ2v) is 7.28. The number of benzene rings is 1. The molecule has 0 aliphatic carbocycles. The first-order valence-corrected chi connectivity index (χ1v) is 8.67. The number of ether oxygens (including phenoxy) is 1. The standard InChI is InChI=1S/C15H26N2O3S/c1-12(2)10-14(11-16)17-21(18,19)15-6-4-13(5-7-15)8-9-20-3/h4-7,12,14,17H,8-11,16H2,1-3H3. The molecule has 1 atom stereocenters. The fraction of sp³-hybridized carbons (Fsp3) is 0.600. The van der Waals surface area contributed by atoms with Gasteiger partial charge in [0, 0.05) is 19.7 Å². The Morgan fingerprint density at radius 2 is 1.86 bits per heavy atom. The highest BCUT2D eigenvalue weighted by molar-refractivity contribution is 7.89. The van der Waals surface area contributed by atoms with Gasteiger partial charge in [0.05, 0.1) is 11.5 Å². The van der Waals surface area contributed by atoms with Crippen LogP contribution in [0.4, 0.5) is 0 Å². The summed E-state index contributed by atoms with van der Waals surface area (Å²) in [4.78, 5) is 0.269. The van der Waals surface area contributed by atoms with E-state index in [0.717, 1.165) is 18.4 Å². The van der Waals surface area contributed by atoms with Crippen LogP contribution in [0.15, 0.2) is 29.2 Å². The summed E-state index contributed by atoms with van der Waals surface area (Å²) in [5.74, 6) is 0.387. The van der Waals surface area contributed by atoms with Gasteiger partial charge in [0.2, 0.25) is 10.0 Å². The van der Waals surface area contributed by atoms with Crippen molar-refractivity contribution in [3.8, 4) is 0 Å². The first-order chi connectivity index (χ1) is 9.89. The van der Waals surface area contributed by atoms with Gasteiger partial charge in [-0.3, -0.25) is 0 Å². The Morgan fingerprint density at radius 3 is 2.33 bits per heavy atom. The van der Waals surface area contributed by atoms with E-state index in [0.29, 0.717) is 19.1 Å². The molecule has 0 radical (unpaired) electrons. The van der Waals surface area contributed by atoms with Crippen LogP contribution in [0.1, 0.15) is 25.8 Å². The quantitative estimate of drug-likeness (QED) is 0.724. The van der Waals surface area contributed by atoms with E-state index in [4.69, 9.17) is 10.5 Å². The number of rotatable bonds is 9. The molecule has 0 aliphatic rings. The highest BCUT2D eigenvalue weighted by Gasteiger charge is 2.19. The van der Waals surface area contributed by atoms with Gasteiger partial charge in [0.1, 0.15) is 0 Å². The predicted octanol–water partition coefficient (Wildman–Crippen LogP) is 1.53. The highest BCUT2D eigenvalue weighted by Crippen LogP contribution is 2.13. The average Bonchev–Trinajstić information content (AvgIpc) is 2.44. The molecule has 0 fully saturated rings. The molecular formula is C15H26N2O3S. The fourth-order valence-corrected chi connectivity index (χ4v) is 3.37. The first kappa shape index (κ1) is 18.1. The summed E-state index contributed by atoms with van der Waals surface area (Å²) in [5, 5.41) is 0. The smallest absolute Gasteiger partial charge is 0.240 e. The zero-order valence-corrected chi connectivity index (χ0v) is 13.8. The summed E-state index contributed by atoms with van der Waals surface area (Å²) in [6.07, 6.45) is 1.49. The molecule has 21 heavy (non-hydrogen) atoms. The van der Waals surface area contributed by atoms with Gasteiger partial charge in [-0.2, -0.15) is 0 Å². The van der Waals surface area contributed by atoms with Crippen molar-refractivity contribution in [1.29, 1.82) is 0 Å². The number of sulfonamides is 1. The molecule has 0 aromatic heterocycles. The maximum Gasteiger partial charge on any atom is 0.240 e. The lowest BCUT2D eigenvalue weighted by atomic mass is 10.1. The molecule has 1 aromatic carbocycles. The molecule has 5 nitrogen and oxygen atoms in total. The van der Waals surface area contributed by atoms with Gasteiger partial charge in [-0.1, -0.05) is 26.0 Å². The van der Waals surface area contributed by atoms with Crippen LogP contribution in [0.5, 0.6) is 0 Å². The summed E-state index contributed by atoms with van der Waals surface area (Å²) in [7, 11) is -1.87. The van der Waals surface area contributed by atoms with E-state index in [-0.39, 0.29) is 10.9 Å². The molecule has 0 bridgehead atoms. The van der Waals surface area contributed by atoms with Gasteiger partial charge in [0.15, 0.2) is 0 Å². The Kier molecular flexibility index (Phi) is 7.31. The second kappa shape index (κ2) is 8.48. The maximum absolute atomic E-state index is 12.3. The zero-order valence-electron chi connectivity index (χ0n) is 13.0. The first-order valence-electron chi connectivity index (χ1n) is 7.19. The lowest BCUT2D eigenvalue weighted by Crippen LogP contribution is -2.40. The normalized spacial score (nSPS) is 13.6. The number of nitrogens with two attached hydrogens (primary N) is 1. The number of hydrogen-bond donors (Lipinski definition) is 2. The van der Waals surface area contributed by atoms with Crippen molar-refractivity contribution in [3.63, 3.8) is 0 Å². The molecule has 6 heteroatoms. The van der Waals surface area contributed by atoms with Crippen molar-refractivity contribution in [2.75, 3.05) is 20.3 Å². The van der Waals surface area contributed by atoms with Gasteiger partial charge >= 0.3 is 0 Å². The Bertz CT molecular complexity index is 512. The number of methoxy groups -OCH3 is 1. The minimum Gasteiger partial charge on any atom is -0.384 e. The van der Waals surface area contributed by atoms with Gasteiger partial charge in [-0.15, -0.1) is 0 Å². The van der Waals surface area contributed by atoms with Crippen molar-refractivity contribution >= 4 is 10.0 Å². The molecule has 0 spiro atoms. The molecule has 1 rings (SSSR count). The summed E-state index contributed by atoms with van der Waals surface area (Å²) in [6, 6.07) is 6.64. The molecule has 1 unspecified atom stereocenters. The van der Waals surface area contributed by atoms with Crippen LogP contribution in [0, 0.1) is 5.92 Å². The molecule has 0 amide bonds. The third-order valence-corrected chi connectivity index (χ3v) is 4.73. The third-order valence-electron chi connectivity index (χ3n) is 3.19. The van der Waals surface area contributed by atoms with Gasteiger partial charge in [-0.05, 0) is 36.5 Å². The third kappa shape index (κ3) is 6.13. The molecular weight excluding hydrogens is 288 g/mol. The SMILES string of the molecule is COCCc1ccc(S(=O)(=O)NC(CN)CC(C)C)cc1. The van der Waals surface area contributed by atoms with E-state index < -0.39 is 10.0 Å². The molecule has 0 heterocycles. The Labute approximate surface area is 127 Å². The van der Waals surface area contributed by atoms with E-state index in [1.165, 1.54) is 0 Å². The number of hydrogen-bond acceptors (Lipinski definition) is 4.